The number of halogens is 3. The second kappa shape index (κ2) is 8.37. The summed E-state index contributed by atoms with van der Waals surface area (Å²) < 4.78 is 1.95. The van der Waals surface area contributed by atoms with Crippen LogP contribution in [0.3, 0.4) is 0 Å². The molecule has 0 amide bonds. The lowest BCUT2D eigenvalue weighted by Gasteiger charge is -2.31. The highest BCUT2D eigenvalue weighted by atomic mass is 79.9. The normalized spacial score (nSPS) is 19.3. The summed E-state index contributed by atoms with van der Waals surface area (Å²) in [5.41, 5.74) is 3.92. The molecule has 2 N–H and O–H groups in total. The number of phenolic OH excluding ortho intramolecular Hbond substituents is 1. The molecule has 1 aliphatic rings. The Morgan fingerprint density at radius 2 is 1.61 bits per heavy atom. The number of aliphatic imine (C=N–C) groups is 1. The minimum absolute atomic E-state index is 0.0747. The number of hydrogen-bond donors (Lipinski definition) is 2. The lowest BCUT2D eigenvalue weighted by atomic mass is 9.93. The highest BCUT2D eigenvalue weighted by Gasteiger charge is 2.27. The monoisotopic (exact) mass is 518 g/mol. The summed E-state index contributed by atoms with van der Waals surface area (Å²) in [4.78, 5) is 4.96. The Hall–Kier alpha value is -1.66. The molecule has 3 aromatic carbocycles. The largest absolute Gasteiger partial charge is 0.508 e. The lowest BCUT2D eigenvalue weighted by molar-refractivity contribution is 0.412. The summed E-state index contributed by atoms with van der Waals surface area (Å²) in [6.07, 6.45) is 0.453. The standard InChI is InChI=1S/C22H17Br2ClN2O/c23-15-5-1-14(2-6-15)22-26-19(13-3-8-17(25)9-4-13)12-20(27-22)18-11-16(24)7-10-21(18)28/h1-11,20,22,27-28H,12H2/t20-,22-/m0/s1. The Morgan fingerprint density at radius 1 is 0.929 bits per heavy atom. The van der Waals surface area contributed by atoms with Crippen molar-refractivity contribution in [2.24, 2.45) is 4.99 Å². The van der Waals surface area contributed by atoms with Crippen molar-refractivity contribution in [2.45, 2.75) is 18.6 Å². The summed E-state index contributed by atoms with van der Waals surface area (Å²) in [6, 6.07) is 21.3. The summed E-state index contributed by atoms with van der Waals surface area (Å²) in [5, 5.41) is 14.7. The number of aromatic hydroxyl groups is 1. The maximum absolute atomic E-state index is 10.4. The van der Waals surface area contributed by atoms with Crippen molar-refractivity contribution >= 4 is 49.2 Å². The van der Waals surface area contributed by atoms with E-state index in [0.717, 1.165) is 31.3 Å². The van der Waals surface area contributed by atoms with E-state index in [1.807, 2.05) is 60.7 Å². The molecule has 142 valence electrons. The van der Waals surface area contributed by atoms with Gasteiger partial charge in [-0.2, -0.15) is 0 Å². The molecule has 0 aliphatic carbocycles. The molecule has 0 spiro atoms. The van der Waals surface area contributed by atoms with Crippen LogP contribution in [-0.2, 0) is 0 Å². The first-order valence-electron chi connectivity index (χ1n) is 8.82. The van der Waals surface area contributed by atoms with E-state index in [4.69, 9.17) is 16.6 Å². The number of nitrogens with one attached hydrogen (secondary N) is 1. The minimum Gasteiger partial charge on any atom is -0.508 e. The highest BCUT2D eigenvalue weighted by Crippen LogP contribution is 2.36. The van der Waals surface area contributed by atoms with Crippen LogP contribution in [0.2, 0.25) is 5.02 Å². The van der Waals surface area contributed by atoms with Gasteiger partial charge in [-0.15, -0.1) is 0 Å². The first-order chi connectivity index (χ1) is 13.5. The van der Waals surface area contributed by atoms with E-state index in [9.17, 15) is 5.11 Å². The Kier molecular flexibility index (Phi) is 5.88. The van der Waals surface area contributed by atoms with Gasteiger partial charge in [0.25, 0.3) is 0 Å². The topological polar surface area (TPSA) is 44.6 Å². The van der Waals surface area contributed by atoms with Crippen molar-refractivity contribution in [3.8, 4) is 5.75 Å². The zero-order valence-corrected chi connectivity index (χ0v) is 18.7. The maximum Gasteiger partial charge on any atom is 0.126 e. The van der Waals surface area contributed by atoms with Crippen LogP contribution < -0.4 is 5.32 Å². The Balaban J connectivity index is 1.76. The van der Waals surface area contributed by atoms with Gasteiger partial charge in [0.1, 0.15) is 11.9 Å². The molecule has 2 atom stereocenters. The van der Waals surface area contributed by atoms with Gasteiger partial charge in [0.15, 0.2) is 0 Å². The molecule has 0 radical (unpaired) electrons. The first-order valence-corrected chi connectivity index (χ1v) is 10.8. The SMILES string of the molecule is Oc1ccc(Br)cc1[C@@H]1CC(c2ccc(Cl)cc2)=N[C@H](c2ccc(Br)cc2)N1. The Bertz CT molecular complexity index is 1020. The molecule has 1 aliphatic heterocycles. The lowest BCUT2D eigenvalue weighted by Crippen LogP contribution is -2.33. The van der Waals surface area contributed by atoms with Gasteiger partial charge in [0.05, 0.1) is 0 Å². The Labute approximate surface area is 185 Å². The summed E-state index contributed by atoms with van der Waals surface area (Å²) in [7, 11) is 0. The zero-order chi connectivity index (χ0) is 19.7. The van der Waals surface area contributed by atoms with Crippen LogP contribution >= 0.6 is 43.5 Å². The van der Waals surface area contributed by atoms with E-state index in [1.165, 1.54) is 0 Å². The molecule has 0 fully saturated rings. The molecule has 6 heteroatoms. The van der Waals surface area contributed by atoms with Crippen LogP contribution in [0.4, 0.5) is 0 Å². The van der Waals surface area contributed by atoms with Crippen molar-refractivity contribution < 1.29 is 5.11 Å². The number of rotatable bonds is 3. The van der Waals surface area contributed by atoms with Crippen molar-refractivity contribution in [2.75, 3.05) is 0 Å². The Morgan fingerprint density at radius 3 is 2.32 bits per heavy atom. The molecule has 3 aromatic rings. The average molecular weight is 521 g/mol. The maximum atomic E-state index is 10.4. The van der Waals surface area contributed by atoms with Gasteiger partial charge in [-0.1, -0.05) is 67.7 Å². The molecule has 1 heterocycles. The first kappa shape index (κ1) is 19.6. The fourth-order valence-corrected chi connectivity index (χ4v) is 4.11. The molecule has 3 nitrogen and oxygen atoms in total. The smallest absolute Gasteiger partial charge is 0.126 e. The summed E-state index contributed by atoms with van der Waals surface area (Å²) >= 11 is 13.1. The summed E-state index contributed by atoms with van der Waals surface area (Å²) in [6.45, 7) is 0. The summed E-state index contributed by atoms with van der Waals surface area (Å²) in [5.74, 6) is 0.271. The second-order valence-corrected chi connectivity index (χ2v) is 8.93. The highest BCUT2D eigenvalue weighted by molar-refractivity contribution is 9.10. The second-order valence-electron chi connectivity index (χ2n) is 6.66. The molecule has 28 heavy (non-hydrogen) atoms. The van der Waals surface area contributed by atoms with E-state index in [1.54, 1.807) is 6.07 Å². The van der Waals surface area contributed by atoms with E-state index < -0.39 is 0 Å². The minimum atomic E-state index is -0.212. The van der Waals surface area contributed by atoms with Crippen LogP contribution in [-0.4, -0.2) is 10.8 Å². The van der Waals surface area contributed by atoms with Crippen LogP contribution in [0.5, 0.6) is 5.75 Å². The number of benzene rings is 3. The average Bonchev–Trinajstić information content (AvgIpc) is 2.70. The molecule has 0 saturated heterocycles. The molecule has 0 unspecified atom stereocenters. The van der Waals surface area contributed by atoms with Gasteiger partial charge in [-0.25, -0.2) is 0 Å². The molecule has 4 rings (SSSR count). The van der Waals surface area contributed by atoms with Crippen LogP contribution in [0.1, 0.15) is 35.3 Å². The van der Waals surface area contributed by atoms with E-state index in [-0.39, 0.29) is 18.0 Å². The fourth-order valence-electron chi connectivity index (χ4n) is 3.34. The quantitative estimate of drug-likeness (QED) is 0.399. The number of phenols is 1. The van der Waals surface area contributed by atoms with Gasteiger partial charge in [-0.05, 0) is 53.6 Å². The van der Waals surface area contributed by atoms with Gasteiger partial charge in [0, 0.05) is 37.7 Å². The molecular formula is C22H17Br2ClN2O. The van der Waals surface area contributed by atoms with Crippen LogP contribution in [0, 0.1) is 0 Å². The van der Waals surface area contributed by atoms with Gasteiger partial charge in [0.2, 0.25) is 0 Å². The number of nitrogens with zero attached hydrogens (tertiary/aromatic N) is 1. The zero-order valence-electron chi connectivity index (χ0n) is 14.7. The van der Waals surface area contributed by atoms with Crippen molar-refractivity contribution in [3.63, 3.8) is 0 Å². The predicted octanol–water partition coefficient (Wildman–Crippen LogP) is 6.79. The third-order valence-corrected chi connectivity index (χ3v) is 6.04. The molecular weight excluding hydrogens is 504 g/mol. The number of hydrogen-bond acceptors (Lipinski definition) is 3. The predicted molar refractivity (Wildman–Crippen MR) is 121 cm³/mol. The van der Waals surface area contributed by atoms with Crippen LogP contribution in [0.25, 0.3) is 0 Å². The van der Waals surface area contributed by atoms with E-state index >= 15 is 0 Å². The molecule has 0 aromatic heterocycles. The van der Waals surface area contributed by atoms with E-state index in [2.05, 4.69) is 37.2 Å². The van der Waals surface area contributed by atoms with Crippen LogP contribution in [0.15, 0.2) is 80.7 Å². The third-order valence-electron chi connectivity index (χ3n) is 4.77. The fraction of sp³-hybridized carbons (Fsp3) is 0.136. The van der Waals surface area contributed by atoms with Gasteiger partial charge in [-0.3, -0.25) is 10.3 Å². The van der Waals surface area contributed by atoms with Crippen molar-refractivity contribution in [3.05, 3.63) is 97.4 Å². The van der Waals surface area contributed by atoms with Crippen molar-refractivity contribution in [1.29, 1.82) is 0 Å². The van der Waals surface area contributed by atoms with Gasteiger partial charge >= 0.3 is 0 Å². The van der Waals surface area contributed by atoms with E-state index in [0.29, 0.717) is 11.4 Å². The third kappa shape index (κ3) is 4.33. The van der Waals surface area contributed by atoms with Gasteiger partial charge < -0.3 is 5.11 Å². The molecule has 0 bridgehead atoms. The molecule has 0 saturated carbocycles. The van der Waals surface area contributed by atoms with Crippen molar-refractivity contribution in [1.82, 2.24) is 5.32 Å².